The Balaban J connectivity index is 1.19. The minimum Gasteiger partial charge on any atom is -0.352 e. The third-order valence-corrected chi connectivity index (χ3v) is 9.10. The van der Waals surface area contributed by atoms with Crippen LogP contribution in [0, 0.1) is 11.3 Å². The number of nitrogens with zero attached hydrogens (tertiary/aromatic N) is 3. The first kappa shape index (κ1) is 29.3. The maximum absolute atomic E-state index is 12.7. The largest absolute Gasteiger partial charge is 0.352 e. The number of nitrogens with one attached hydrogen (secondary N) is 3. The molecule has 12 heteroatoms. The van der Waals surface area contributed by atoms with Crippen LogP contribution in [-0.2, 0) is 38.7 Å². The number of amides is 2. The Morgan fingerprint density at radius 1 is 0.950 bits per heavy atom. The van der Waals surface area contributed by atoms with Gasteiger partial charge in [0.25, 0.3) is 22.0 Å². The van der Waals surface area contributed by atoms with Crippen molar-refractivity contribution >= 4 is 27.9 Å². The van der Waals surface area contributed by atoms with Crippen molar-refractivity contribution in [3.05, 3.63) is 70.8 Å². The lowest BCUT2D eigenvalue weighted by Gasteiger charge is -2.36. The highest BCUT2D eigenvalue weighted by molar-refractivity contribution is 7.87. The average Bonchev–Trinajstić information content (AvgIpc) is 3.44. The van der Waals surface area contributed by atoms with Crippen LogP contribution in [0.15, 0.2) is 48.5 Å². The molecule has 0 atom stereocenters. The second-order valence-corrected chi connectivity index (χ2v) is 13.1. The van der Waals surface area contributed by atoms with Crippen LogP contribution in [0.2, 0.25) is 0 Å². The van der Waals surface area contributed by atoms with E-state index in [9.17, 15) is 18.0 Å². The minimum absolute atomic E-state index is 0.0167. The zero-order valence-electron chi connectivity index (χ0n) is 23.0. The van der Waals surface area contributed by atoms with Gasteiger partial charge in [0.05, 0.1) is 18.3 Å². The molecule has 1 fully saturated rings. The second kappa shape index (κ2) is 12.7. The second-order valence-electron chi connectivity index (χ2n) is 11.3. The molecule has 1 aromatic heterocycles. The molecule has 0 saturated heterocycles. The van der Waals surface area contributed by atoms with E-state index in [0.29, 0.717) is 30.9 Å². The van der Waals surface area contributed by atoms with Gasteiger partial charge in [0.2, 0.25) is 5.91 Å². The molecule has 4 rings (SSSR count). The van der Waals surface area contributed by atoms with Gasteiger partial charge >= 0.3 is 0 Å². The van der Waals surface area contributed by atoms with Crippen molar-refractivity contribution in [1.82, 2.24) is 25.9 Å². The summed E-state index contributed by atoms with van der Waals surface area (Å²) < 4.78 is 30.8. The Morgan fingerprint density at radius 3 is 2.17 bits per heavy atom. The number of carbonyl (C=O) groups is 2. The monoisotopic (exact) mass is 568 g/mol. The van der Waals surface area contributed by atoms with Crippen molar-refractivity contribution in [1.29, 1.82) is 0 Å². The highest BCUT2D eigenvalue weighted by atomic mass is 32.2. The Hall–Kier alpha value is -3.64. The molecule has 214 valence electrons. The van der Waals surface area contributed by atoms with E-state index in [4.69, 9.17) is 4.18 Å². The molecule has 3 N–H and O–H groups in total. The minimum atomic E-state index is -3.63. The quantitative estimate of drug-likeness (QED) is 0.312. The Kier molecular flexibility index (Phi) is 9.31. The fourth-order valence-electron chi connectivity index (χ4n) is 4.83. The van der Waals surface area contributed by atoms with Crippen LogP contribution >= 0.6 is 0 Å². The van der Waals surface area contributed by atoms with Crippen molar-refractivity contribution in [2.75, 3.05) is 5.32 Å². The summed E-state index contributed by atoms with van der Waals surface area (Å²) in [5, 5.41) is 17.9. The van der Waals surface area contributed by atoms with Crippen molar-refractivity contribution in [2.24, 2.45) is 11.3 Å². The number of benzene rings is 2. The zero-order chi connectivity index (χ0) is 28.8. The van der Waals surface area contributed by atoms with E-state index in [2.05, 4.69) is 52.0 Å². The first-order valence-electron chi connectivity index (χ1n) is 13.4. The van der Waals surface area contributed by atoms with Crippen LogP contribution in [0.5, 0.6) is 0 Å². The SMILES string of the molecule is CC(C)(C)C1CCC(S(=O)(=O)OCc2ccc(CC(=O)NCc3ccc(C(=O)Nc4nn[nH]n4)cc3)cc2)CC1. The van der Waals surface area contributed by atoms with E-state index in [1.165, 1.54) is 0 Å². The van der Waals surface area contributed by atoms with Gasteiger partial charge < -0.3 is 5.32 Å². The number of hydrogen-bond donors (Lipinski definition) is 3. The molecule has 11 nitrogen and oxygen atoms in total. The van der Waals surface area contributed by atoms with E-state index in [-0.39, 0.29) is 36.2 Å². The highest BCUT2D eigenvalue weighted by Gasteiger charge is 2.35. The summed E-state index contributed by atoms with van der Waals surface area (Å²) in [6.07, 6.45) is 3.26. The number of aromatic amines is 1. The molecule has 0 bridgehead atoms. The first-order valence-corrected chi connectivity index (χ1v) is 14.8. The van der Waals surface area contributed by atoms with Gasteiger partial charge in [-0.3, -0.25) is 19.1 Å². The number of rotatable bonds is 10. The lowest BCUT2D eigenvalue weighted by molar-refractivity contribution is -0.120. The summed E-state index contributed by atoms with van der Waals surface area (Å²) in [5.41, 5.74) is 2.99. The molecule has 40 heavy (non-hydrogen) atoms. The van der Waals surface area contributed by atoms with Crippen LogP contribution in [-0.4, -0.2) is 46.1 Å². The third-order valence-electron chi connectivity index (χ3n) is 7.36. The van der Waals surface area contributed by atoms with Crippen LogP contribution in [0.4, 0.5) is 5.95 Å². The first-order chi connectivity index (χ1) is 19.0. The summed E-state index contributed by atoms with van der Waals surface area (Å²) >= 11 is 0. The molecule has 2 amide bonds. The molecule has 0 radical (unpaired) electrons. The van der Waals surface area contributed by atoms with Gasteiger partial charge in [-0.05, 0) is 71.1 Å². The lowest BCUT2D eigenvalue weighted by Crippen LogP contribution is -2.32. The number of tetrazole rings is 1. The van der Waals surface area contributed by atoms with E-state index in [1.807, 2.05) is 0 Å². The maximum Gasteiger partial charge on any atom is 0.270 e. The number of aromatic nitrogens is 4. The van der Waals surface area contributed by atoms with Crippen LogP contribution in [0.3, 0.4) is 0 Å². The fourth-order valence-corrected chi connectivity index (χ4v) is 6.17. The smallest absolute Gasteiger partial charge is 0.270 e. The van der Waals surface area contributed by atoms with Crippen LogP contribution in [0.25, 0.3) is 0 Å². The fraction of sp³-hybridized carbons (Fsp3) is 0.464. The number of hydrogen-bond acceptors (Lipinski definition) is 8. The molecule has 1 aliphatic carbocycles. The molecule has 1 aliphatic rings. The number of H-pyrrole nitrogens is 1. The van der Waals surface area contributed by atoms with E-state index in [1.54, 1.807) is 48.5 Å². The topological polar surface area (TPSA) is 156 Å². The van der Waals surface area contributed by atoms with Gasteiger partial charge in [0.1, 0.15) is 0 Å². The Bertz CT molecular complexity index is 1380. The van der Waals surface area contributed by atoms with Crippen molar-refractivity contribution in [3.8, 4) is 0 Å². The van der Waals surface area contributed by atoms with Gasteiger partial charge in [0.15, 0.2) is 0 Å². The molecule has 1 heterocycles. The third kappa shape index (κ3) is 8.18. The molecular formula is C28H36N6O5S. The summed E-state index contributed by atoms with van der Waals surface area (Å²) in [7, 11) is -3.63. The summed E-state index contributed by atoms with van der Waals surface area (Å²) in [6.45, 7) is 6.92. The van der Waals surface area contributed by atoms with E-state index >= 15 is 0 Å². The standard InChI is InChI=1S/C28H36N6O5S/c1-28(2,3)23-12-14-24(15-13-23)40(37,38)39-18-21-6-4-19(5-7-21)16-25(35)29-17-20-8-10-22(11-9-20)26(36)30-27-31-33-34-32-27/h4-11,23-24H,12-18H2,1-3H3,(H,29,35)(H2,30,31,32,33,34,36). The average molecular weight is 569 g/mol. The summed E-state index contributed by atoms with van der Waals surface area (Å²) in [6, 6.07) is 14.0. The van der Waals surface area contributed by atoms with Gasteiger partial charge in [-0.15, -0.1) is 5.10 Å². The normalized spacial score (nSPS) is 17.8. The van der Waals surface area contributed by atoms with Gasteiger partial charge in [-0.1, -0.05) is 62.3 Å². The molecule has 2 aromatic carbocycles. The van der Waals surface area contributed by atoms with Crippen molar-refractivity contribution in [3.63, 3.8) is 0 Å². The molecule has 3 aromatic rings. The number of anilines is 1. The highest BCUT2D eigenvalue weighted by Crippen LogP contribution is 2.39. The molecule has 0 aliphatic heterocycles. The van der Waals surface area contributed by atoms with Crippen molar-refractivity contribution < 1.29 is 22.2 Å². The molecular weight excluding hydrogens is 532 g/mol. The molecule has 0 unspecified atom stereocenters. The number of carbonyl (C=O) groups excluding carboxylic acids is 2. The maximum atomic E-state index is 12.7. The predicted octanol–water partition coefficient (Wildman–Crippen LogP) is 3.76. The van der Waals surface area contributed by atoms with Crippen LogP contribution in [0.1, 0.15) is 73.5 Å². The zero-order valence-corrected chi connectivity index (χ0v) is 23.8. The van der Waals surface area contributed by atoms with Crippen LogP contribution < -0.4 is 10.6 Å². The Labute approximate surface area is 234 Å². The van der Waals surface area contributed by atoms with Gasteiger partial charge in [-0.25, -0.2) is 0 Å². The molecule has 1 saturated carbocycles. The Morgan fingerprint density at radius 2 is 1.57 bits per heavy atom. The van der Waals surface area contributed by atoms with Gasteiger partial charge in [0, 0.05) is 12.1 Å². The predicted molar refractivity (Wildman–Crippen MR) is 149 cm³/mol. The van der Waals surface area contributed by atoms with E-state index < -0.39 is 15.4 Å². The summed E-state index contributed by atoms with van der Waals surface area (Å²) in [5.74, 6) is 0.0932. The summed E-state index contributed by atoms with van der Waals surface area (Å²) in [4.78, 5) is 24.6. The van der Waals surface area contributed by atoms with E-state index in [0.717, 1.165) is 29.5 Å². The van der Waals surface area contributed by atoms with Crippen molar-refractivity contribution in [2.45, 2.75) is 71.3 Å². The molecule has 0 spiro atoms. The lowest BCUT2D eigenvalue weighted by atomic mass is 9.72. The van der Waals surface area contributed by atoms with Gasteiger partial charge in [-0.2, -0.15) is 13.6 Å².